The molecule has 0 heterocycles. The monoisotopic (exact) mass is 83.0 g/mol. The molecule has 0 saturated heterocycles. The van der Waals surface area contributed by atoms with Crippen molar-refractivity contribution in [2.24, 2.45) is 4.99 Å². The predicted molar refractivity (Wildman–Crippen MR) is 23.9 cm³/mol. The Hall–Kier alpha value is -0.640. The van der Waals surface area contributed by atoms with Gasteiger partial charge in [-0.3, -0.25) is 0 Å². The minimum Gasteiger partial charge on any atom is -0.143 e. The molecule has 0 aromatic carbocycles. The van der Waals surface area contributed by atoms with E-state index < -0.39 is 0 Å². The van der Waals surface area contributed by atoms with Crippen LogP contribution in [0.3, 0.4) is 0 Å². The van der Waals surface area contributed by atoms with E-state index in [1.54, 1.807) is 0 Å². The Labute approximate surface area is 35.7 Å². The van der Waals surface area contributed by atoms with E-state index in [9.17, 15) is 0 Å². The van der Waals surface area contributed by atoms with Gasteiger partial charge in [0.2, 0.25) is 0 Å². The molecule has 1 nitrogen and oxygen atoms in total. The van der Waals surface area contributed by atoms with Crippen LogP contribution in [-0.2, 0) is 0 Å². The van der Waals surface area contributed by atoms with Crippen molar-refractivity contribution in [2.75, 3.05) is 0 Å². The quantitative estimate of drug-likeness (QED) is 0.238. The molecule has 0 radical (unpaired) electrons. The number of terminal acetylenes is 1. The Morgan fingerprint density at radius 3 is 2.40 bits per heavy atom. The van der Waals surface area contributed by atoms with Crippen LogP contribution >= 0.6 is 12.2 Å². The fraction of sp³-hybridized carbons (Fsp3) is 0. The molecule has 0 atom stereocenters. The fourth-order valence-electron chi connectivity index (χ4n) is 0.0264. The van der Waals surface area contributed by atoms with Gasteiger partial charge < -0.3 is 0 Å². The molecule has 0 aromatic heterocycles. The van der Waals surface area contributed by atoms with Gasteiger partial charge in [-0.25, -0.2) is 0 Å². The number of thiocarbonyl (C=S) groups is 1. The molecule has 2 heteroatoms. The first kappa shape index (κ1) is 4.36. The second-order valence-electron chi connectivity index (χ2n) is 0.332. The zero-order valence-corrected chi connectivity index (χ0v) is 3.25. The van der Waals surface area contributed by atoms with E-state index in [1.165, 1.54) is 0 Å². The van der Waals surface area contributed by atoms with Crippen molar-refractivity contribution in [3.05, 3.63) is 0 Å². The lowest BCUT2D eigenvalue weighted by atomic mass is 11.2. The van der Waals surface area contributed by atoms with Crippen molar-refractivity contribution >= 4 is 17.4 Å². The van der Waals surface area contributed by atoms with Crippen LogP contribution in [0.15, 0.2) is 4.99 Å². The van der Waals surface area contributed by atoms with Crippen molar-refractivity contribution in [3.8, 4) is 12.5 Å². The summed E-state index contributed by atoms with van der Waals surface area (Å²) in [5, 5.41) is 1.99. The third-order valence-electron chi connectivity index (χ3n) is 0.110. The molecular weight excluding hydrogens is 82.1 g/mol. The van der Waals surface area contributed by atoms with Crippen molar-refractivity contribution in [1.82, 2.24) is 0 Å². The maximum absolute atomic E-state index is 4.59. The van der Waals surface area contributed by atoms with E-state index in [0.717, 1.165) is 0 Å². The summed E-state index contributed by atoms with van der Waals surface area (Å²) in [6, 6.07) is 1.93. The van der Waals surface area contributed by atoms with Crippen LogP contribution in [-0.4, -0.2) is 5.16 Å². The molecular formula is C3HNS. The van der Waals surface area contributed by atoms with E-state index in [-0.39, 0.29) is 0 Å². The molecule has 0 amide bonds. The maximum atomic E-state index is 4.59. The van der Waals surface area contributed by atoms with Crippen LogP contribution in [0.1, 0.15) is 0 Å². The van der Waals surface area contributed by atoms with Crippen molar-refractivity contribution in [3.63, 3.8) is 0 Å². The van der Waals surface area contributed by atoms with Crippen LogP contribution < -0.4 is 0 Å². The predicted octanol–water partition coefficient (Wildman–Crippen LogP) is 0.680. The summed E-state index contributed by atoms with van der Waals surface area (Å²) < 4.78 is 0. The highest BCUT2D eigenvalue weighted by atomic mass is 32.1. The normalized spacial score (nSPS) is 3.80. The van der Waals surface area contributed by atoms with Gasteiger partial charge in [0.05, 0.1) is 5.16 Å². The van der Waals surface area contributed by atoms with Crippen molar-refractivity contribution < 1.29 is 0 Å². The Bertz CT molecular complexity index is 94.0. The molecule has 0 rings (SSSR count). The van der Waals surface area contributed by atoms with Crippen LogP contribution in [0.5, 0.6) is 0 Å². The summed E-state index contributed by atoms with van der Waals surface area (Å²) in [6.07, 6.45) is 4.59. The second kappa shape index (κ2) is 3.36. The van der Waals surface area contributed by atoms with Crippen LogP contribution in [0, 0.1) is 12.5 Å². The highest BCUT2D eigenvalue weighted by molar-refractivity contribution is 7.78. The summed E-state index contributed by atoms with van der Waals surface area (Å²) >= 11 is 4.09. The van der Waals surface area contributed by atoms with Gasteiger partial charge in [0, 0.05) is 6.04 Å². The maximum Gasteiger partial charge on any atom is 0.0742 e. The number of nitrogens with zero attached hydrogens (tertiary/aromatic N) is 1. The molecule has 0 fully saturated rings. The zero-order chi connectivity index (χ0) is 4.12. The first-order chi connectivity index (χ1) is 2.41. The minimum atomic E-state index is 1.93. The topological polar surface area (TPSA) is 12.4 Å². The average Bonchev–Trinajstić information content (AvgIpc) is 1.41. The number of hydrogen-bond acceptors (Lipinski definition) is 2. The lowest BCUT2D eigenvalue weighted by Gasteiger charge is -1.41. The Balaban J connectivity index is 3.46. The molecule has 0 N–H and O–H groups in total. The minimum absolute atomic E-state index is 1.93. The Kier molecular flexibility index (Phi) is 2.93. The van der Waals surface area contributed by atoms with Crippen molar-refractivity contribution in [2.45, 2.75) is 0 Å². The largest absolute Gasteiger partial charge is 0.143 e. The van der Waals surface area contributed by atoms with Gasteiger partial charge >= 0.3 is 0 Å². The molecule has 0 aliphatic carbocycles. The SMILES string of the molecule is C#CN=C=S. The third-order valence-corrected chi connectivity index (χ3v) is 0.201. The van der Waals surface area contributed by atoms with Gasteiger partial charge in [-0.2, -0.15) is 0 Å². The van der Waals surface area contributed by atoms with Gasteiger partial charge in [0.15, 0.2) is 0 Å². The summed E-state index contributed by atoms with van der Waals surface area (Å²) in [4.78, 5) is 3.06. The highest BCUT2D eigenvalue weighted by Crippen LogP contribution is 1.45. The molecule has 0 saturated carbocycles. The van der Waals surface area contributed by atoms with Gasteiger partial charge in [-0.15, -0.1) is 4.99 Å². The summed E-state index contributed by atoms with van der Waals surface area (Å²) in [5.74, 6) is 0. The molecule has 0 spiro atoms. The molecule has 5 heavy (non-hydrogen) atoms. The number of isothiocyanates is 1. The fourth-order valence-corrected chi connectivity index (χ4v) is 0.0791. The molecule has 0 aliphatic heterocycles. The average molecular weight is 83.1 g/mol. The standard InChI is InChI=1S/C3HNS/c1-2-4-3-5/h1H. The first-order valence-electron chi connectivity index (χ1n) is 0.940. The zero-order valence-electron chi connectivity index (χ0n) is 2.43. The van der Waals surface area contributed by atoms with Gasteiger partial charge in [0.1, 0.15) is 0 Å². The van der Waals surface area contributed by atoms with Crippen molar-refractivity contribution in [1.29, 1.82) is 0 Å². The molecule has 0 unspecified atom stereocenters. The van der Waals surface area contributed by atoms with Gasteiger partial charge in [0.25, 0.3) is 0 Å². The molecule has 0 bridgehead atoms. The van der Waals surface area contributed by atoms with Crippen LogP contribution in [0.4, 0.5) is 0 Å². The lowest BCUT2D eigenvalue weighted by molar-refractivity contribution is 1.76. The van der Waals surface area contributed by atoms with E-state index >= 15 is 0 Å². The first-order valence-corrected chi connectivity index (χ1v) is 1.35. The van der Waals surface area contributed by atoms with Gasteiger partial charge in [-0.1, -0.05) is 6.42 Å². The van der Waals surface area contributed by atoms with E-state index in [1.807, 2.05) is 11.2 Å². The van der Waals surface area contributed by atoms with Gasteiger partial charge in [-0.05, 0) is 12.2 Å². The Morgan fingerprint density at radius 2 is 2.40 bits per heavy atom. The lowest BCUT2D eigenvalue weighted by Crippen LogP contribution is -1.34. The molecule has 24 valence electrons. The highest BCUT2D eigenvalue weighted by Gasteiger charge is 1.35. The second-order valence-corrected chi connectivity index (χ2v) is 0.515. The number of hydrogen-bond donors (Lipinski definition) is 0. The summed E-state index contributed by atoms with van der Waals surface area (Å²) in [5.41, 5.74) is 0. The molecule has 0 aromatic rings. The summed E-state index contributed by atoms with van der Waals surface area (Å²) in [6.45, 7) is 0. The number of aliphatic imine (C=N–C) groups is 1. The van der Waals surface area contributed by atoms with E-state index in [0.29, 0.717) is 0 Å². The third kappa shape index (κ3) is 3.36. The summed E-state index contributed by atoms with van der Waals surface area (Å²) in [7, 11) is 0. The van der Waals surface area contributed by atoms with Crippen LogP contribution in [0.25, 0.3) is 0 Å². The van der Waals surface area contributed by atoms with Crippen LogP contribution in [0.2, 0.25) is 0 Å². The Morgan fingerprint density at radius 1 is 1.80 bits per heavy atom. The van der Waals surface area contributed by atoms with E-state index in [2.05, 4.69) is 23.6 Å². The smallest absolute Gasteiger partial charge is 0.0742 e. The van der Waals surface area contributed by atoms with E-state index in [4.69, 9.17) is 0 Å². The molecule has 0 aliphatic rings. The number of rotatable bonds is 0.